The Morgan fingerprint density at radius 3 is 2.33 bits per heavy atom. The van der Waals surface area contributed by atoms with Gasteiger partial charge in [0, 0.05) is 0 Å². The van der Waals surface area contributed by atoms with Gasteiger partial charge in [-0.05, 0) is 18.6 Å². The van der Waals surface area contributed by atoms with E-state index in [9.17, 15) is 4.79 Å². The van der Waals surface area contributed by atoms with Crippen LogP contribution >= 0.6 is 0 Å². The average Bonchev–Trinajstić information content (AvgIpc) is 2.24. The summed E-state index contributed by atoms with van der Waals surface area (Å²) >= 11 is 0. The first-order chi connectivity index (χ1) is 7.29. The van der Waals surface area contributed by atoms with E-state index in [4.69, 9.17) is 0 Å². The van der Waals surface area contributed by atoms with Gasteiger partial charge in [-0.15, -0.1) is 0 Å². The fourth-order valence-corrected chi connectivity index (χ4v) is 1.05. The molecule has 0 heterocycles. The second kappa shape index (κ2) is 6.55. The van der Waals surface area contributed by atoms with E-state index >= 15 is 0 Å². The zero-order valence-electron chi connectivity index (χ0n) is 8.76. The highest BCUT2D eigenvalue weighted by atomic mass is 16.1. The molecule has 1 rings (SSSR count). The van der Waals surface area contributed by atoms with Gasteiger partial charge in [0.2, 0.25) is 0 Å². The van der Waals surface area contributed by atoms with Crippen molar-refractivity contribution in [3.8, 4) is 0 Å². The average molecular weight is 198 g/mol. The minimum absolute atomic E-state index is 0.0617. The van der Waals surface area contributed by atoms with Gasteiger partial charge in [0.25, 0.3) is 0 Å². The zero-order valence-corrected chi connectivity index (χ0v) is 8.76. The molecule has 0 aromatic heterocycles. The predicted molar refractivity (Wildman–Crippen MR) is 64.4 cm³/mol. The summed E-state index contributed by atoms with van der Waals surface area (Å²) in [4.78, 5) is 10.6. The molecule has 1 aromatic rings. The first kappa shape index (κ1) is 11.2. The molecule has 0 atom stereocenters. The molecule has 15 heavy (non-hydrogen) atoms. The molecular formula is C14H14O. The summed E-state index contributed by atoms with van der Waals surface area (Å²) in [5, 5.41) is 0. The Morgan fingerprint density at radius 1 is 1.00 bits per heavy atom. The van der Waals surface area contributed by atoms with Crippen LogP contribution in [0.2, 0.25) is 0 Å². The van der Waals surface area contributed by atoms with Gasteiger partial charge in [-0.1, -0.05) is 60.7 Å². The van der Waals surface area contributed by atoms with Crippen molar-refractivity contribution < 1.29 is 4.79 Å². The van der Waals surface area contributed by atoms with E-state index in [-0.39, 0.29) is 5.78 Å². The van der Waals surface area contributed by atoms with E-state index in [1.807, 2.05) is 54.6 Å². The molecule has 0 bridgehead atoms. The number of ketones is 1. The number of hydrogen-bond donors (Lipinski definition) is 0. The van der Waals surface area contributed by atoms with Gasteiger partial charge in [0.05, 0.1) is 0 Å². The highest BCUT2D eigenvalue weighted by Crippen LogP contribution is 2.00. The lowest BCUT2D eigenvalue weighted by Crippen LogP contribution is -1.77. The van der Waals surface area contributed by atoms with Crippen molar-refractivity contribution in [3.05, 3.63) is 66.3 Å². The molecule has 1 aromatic carbocycles. The summed E-state index contributed by atoms with van der Waals surface area (Å²) in [5.74, 6) is 0.0617. The van der Waals surface area contributed by atoms with Gasteiger partial charge in [-0.2, -0.15) is 0 Å². The number of rotatable bonds is 4. The third kappa shape index (κ3) is 5.42. The first-order valence-corrected chi connectivity index (χ1v) is 4.86. The minimum atomic E-state index is 0.0617. The van der Waals surface area contributed by atoms with E-state index in [0.717, 1.165) is 5.56 Å². The van der Waals surface area contributed by atoms with Crippen molar-refractivity contribution in [3.63, 3.8) is 0 Å². The summed E-state index contributed by atoms with van der Waals surface area (Å²) in [6.45, 7) is 1.53. The Labute approximate surface area is 90.4 Å². The normalized spacial score (nSPS) is 11.8. The molecule has 1 heteroatoms. The minimum Gasteiger partial charge on any atom is -0.295 e. The Kier molecular flexibility index (Phi) is 4.88. The van der Waals surface area contributed by atoms with Crippen LogP contribution in [0.15, 0.2) is 60.7 Å². The molecule has 0 aliphatic heterocycles. The van der Waals surface area contributed by atoms with Crippen LogP contribution < -0.4 is 0 Å². The van der Waals surface area contributed by atoms with Gasteiger partial charge < -0.3 is 0 Å². The van der Waals surface area contributed by atoms with E-state index in [2.05, 4.69) is 0 Å². The van der Waals surface area contributed by atoms with Crippen LogP contribution in [0.5, 0.6) is 0 Å². The summed E-state index contributed by atoms with van der Waals surface area (Å²) in [7, 11) is 0. The van der Waals surface area contributed by atoms with E-state index < -0.39 is 0 Å². The van der Waals surface area contributed by atoms with Crippen LogP contribution in [0.4, 0.5) is 0 Å². The van der Waals surface area contributed by atoms with Gasteiger partial charge >= 0.3 is 0 Å². The quantitative estimate of drug-likeness (QED) is 0.535. The summed E-state index contributed by atoms with van der Waals surface area (Å²) in [6, 6.07) is 10.1. The third-order valence-electron chi connectivity index (χ3n) is 1.75. The maximum Gasteiger partial charge on any atom is 0.152 e. The molecule has 0 radical (unpaired) electrons. The molecule has 0 amide bonds. The van der Waals surface area contributed by atoms with Crippen molar-refractivity contribution >= 4 is 11.9 Å². The van der Waals surface area contributed by atoms with Crippen molar-refractivity contribution in [1.29, 1.82) is 0 Å². The lowest BCUT2D eigenvalue weighted by atomic mass is 10.2. The highest BCUT2D eigenvalue weighted by Gasteiger charge is 1.79. The molecule has 0 spiro atoms. The molecule has 0 aliphatic carbocycles. The van der Waals surface area contributed by atoms with Crippen LogP contribution in [0.25, 0.3) is 6.08 Å². The molecule has 0 unspecified atom stereocenters. The number of carbonyl (C=O) groups excluding carboxylic acids is 1. The molecule has 76 valence electrons. The molecular weight excluding hydrogens is 184 g/mol. The molecule has 1 nitrogen and oxygen atoms in total. The lowest BCUT2D eigenvalue weighted by molar-refractivity contribution is -0.112. The van der Waals surface area contributed by atoms with Crippen molar-refractivity contribution in [2.75, 3.05) is 0 Å². The topological polar surface area (TPSA) is 17.1 Å². The SMILES string of the molecule is CC(=O)/C=C/C=C/C=C/c1ccccc1. The van der Waals surface area contributed by atoms with Gasteiger partial charge in [0.1, 0.15) is 0 Å². The van der Waals surface area contributed by atoms with Crippen LogP contribution in [0, 0.1) is 0 Å². The van der Waals surface area contributed by atoms with Crippen LogP contribution in [0.3, 0.4) is 0 Å². The summed E-state index contributed by atoms with van der Waals surface area (Å²) in [5.41, 5.74) is 1.16. The van der Waals surface area contributed by atoms with E-state index in [1.54, 1.807) is 6.08 Å². The largest absolute Gasteiger partial charge is 0.295 e. The van der Waals surface area contributed by atoms with Gasteiger partial charge in [0.15, 0.2) is 5.78 Å². The maximum atomic E-state index is 10.6. The smallest absolute Gasteiger partial charge is 0.152 e. The fraction of sp³-hybridized carbons (Fsp3) is 0.0714. The second-order valence-electron chi connectivity index (χ2n) is 3.12. The molecule has 0 saturated carbocycles. The summed E-state index contributed by atoms with van der Waals surface area (Å²) < 4.78 is 0. The Balaban J connectivity index is 2.44. The van der Waals surface area contributed by atoms with Crippen LogP contribution in [-0.4, -0.2) is 5.78 Å². The first-order valence-electron chi connectivity index (χ1n) is 4.86. The van der Waals surface area contributed by atoms with Crippen LogP contribution in [0.1, 0.15) is 12.5 Å². The Hall–Kier alpha value is -1.89. The Bertz CT molecular complexity index is 383. The molecule has 0 aliphatic rings. The van der Waals surface area contributed by atoms with Gasteiger partial charge in [-0.25, -0.2) is 0 Å². The maximum absolute atomic E-state index is 10.6. The summed E-state index contributed by atoms with van der Waals surface area (Å²) in [6.07, 6.45) is 11.0. The van der Waals surface area contributed by atoms with Gasteiger partial charge in [-0.3, -0.25) is 4.79 Å². The number of hydrogen-bond acceptors (Lipinski definition) is 1. The second-order valence-corrected chi connectivity index (χ2v) is 3.12. The van der Waals surface area contributed by atoms with Crippen molar-refractivity contribution in [1.82, 2.24) is 0 Å². The molecule has 0 saturated heterocycles. The number of benzene rings is 1. The monoisotopic (exact) mass is 198 g/mol. The van der Waals surface area contributed by atoms with E-state index in [0.29, 0.717) is 0 Å². The number of allylic oxidation sites excluding steroid dienone is 5. The molecule has 0 fully saturated rings. The fourth-order valence-electron chi connectivity index (χ4n) is 1.05. The lowest BCUT2D eigenvalue weighted by Gasteiger charge is -1.87. The van der Waals surface area contributed by atoms with Crippen molar-refractivity contribution in [2.24, 2.45) is 0 Å². The van der Waals surface area contributed by atoms with E-state index in [1.165, 1.54) is 13.0 Å². The number of carbonyl (C=O) groups is 1. The predicted octanol–water partition coefficient (Wildman–Crippen LogP) is 3.40. The third-order valence-corrected chi connectivity index (χ3v) is 1.75. The molecule has 0 N–H and O–H groups in total. The standard InChI is InChI=1S/C14H14O/c1-13(15)9-5-2-3-6-10-14-11-7-4-8-12-14/h2-12H,1H3/b3-2+,9-5+,10-6+. The van der Waals surface area contributed by atoms with Crippen LogP contribution in [-0.2, 0) is 4.79 Å². The Morgan fingerprint density at radius 2 is 1.67 bits per heavy atom. The highest BCUT2D eigenvalue weighted by molar-refractivity contribution is 5.87. The zero-order chi connectivity index (χ0) is 10.9. The van der Waals surface area contributed by atoms with Crippen molar-refractivity contribution in [2.45, 2.75) is 6.92 Å².